The first-order valence-electron chi connectivity index (χ1n) is 13.6. The van der Waals surface area contributed by atoms with Gasteiger partial charge >= 0.3 is 0 Å². The first-order valence-corrected chi connectivity index (χ1v) is 13.6. The van der Waals surface area contributed by atoms with Crippen molar-refractivity contribution in [1.29, 1.82) is 0 Å². The van der Waals surface area contributed by atoms with Gasteiger partial charge in [-0.15, -0.1) is 0 Å². The van der Waals surface area contributed by atoms with Gasteiger partial charge in [0.05, 0.1) is 6.54 Å². The molecule has 2 aliphatic rings. The molecule has 0 atom stereocenters. The summed E-state index contributed by atoms with van der Waals surface area (Å²) in [6.45, 7) is 13.4. The average Bonchev–Trinajstić information content (AvgIpc) is 3.20. The van der Waals surface area contributed by atoms with Gasteiger partial charge in [0.15, 0.2) is 5.65 Å². The Labute approximate surface area is 210 Å². The molecule has 1 saturated heterocycles. The van der Waals surface area contributed by atoms with Crippen molar-refractivity contribution in [2.75, 3.05) is 45.1 Å². The van der Waals surface area contributed by atoms with Gasteiger partial charge in [-0.05, 0) is 81.8 Å². The van der Waals surface area contributed by atoms with Crippen molar-refractivity contribution in [3.63, 3.8) is 0 Å². The van der Waals surface area contributed by atoms with Crippen LogP contribution in [0, 0.1) is 19.8 Å². The van der Waals surface area contributed by atoms with Crippen molar-refractivity contribution in [3.8, 4) is 0 Å². The highest BCUT2D eigenvalue weighted by molar-refractivity contribution is 5.76. The number of fused-ring (bicyclic) bond motifs is 1. The van der Waals surface area contributed by atoms with E-state index in [4.69, 9.17) is 9.97 Å². The number of rotatable bonds is 7. The lowest BCUT2D eigenvalue weighted by Gasteiger charge is -2.37. The summed E-state index contributed by atoms with van der Waals surface area (Å²) in [6, 6.07) is 11.7. The number of nitrogens with zero attached hydrogens (tertiary/aromatic N) is 5. The zero-order valence-corrected chi connectivity index (χ0v) is 22.1. The summed E-state index contributed by atoms with van der Waals surface area (Å²) in [4.78, 5) is 14.8. The second-order valence-electron chi connectivity index (χ2n) is 10.9. The summed E-state index contributed by atoms with van der Waals surface area (Å²) in [7, 11) is 2.24. The van der Waals surface area contributed by atoms with Crippen LogP contribution in [0.25, 0.3) is 11.2 Å². The smallest absolute Gasteiger partial charge is 0.160 e. The van der Waals surface area contributed by atoms with E-state index in [0.29, 0.717) is 6.04 Å². The summed E-state index contributed by atoms with van der Waals surface area (Å²) in [5, 5.41) is 3.81. The number of piperazine rings is 1. The predicted molar refractivity (Wildman–Crippen MR) is 145 cm³/mol. The van der Waals surface area contributed by atoms with Gasteiger partial charge in [0, 0.05) is 56.6 Å². The quantitative estimate of drug-likeness (QED) is 0.529. The van der Waals surface area contributed by atoms with Gasteiger partial charge < -0.3 is 19.7 Å². The van der Waals surface area contributed by atoms with Crippen molar-refractivity contribution in [1.82, 2.24) is 24.3 Å². The van der Waals surface area contributed by atoms with E-state index >= 15 is 0 Å². The molecular formula is C29H42N6. The molecule has 1 aliphatic carbocycles. The van der Waals surface area contributed by atoms with E-state index in [1.807, 2.05) is 0 Å². The van der Waals surface area contributed by atoms with Crippen LogP contribution in [-0.2, 0) is 13.0 Å². The Kier molecular flexibility index (Phi) is 7.40. The Morgan fingerprint density at radius 3 is 2.34 bits per heavy atom. The Morgan fingerprint density at radius 2 is 1.66 bits per heavy atom. The van der Waals surface area contributed by atoms with Crippen LogP contribution < -0.4 is 5.32 Å². The average molecular weight is 475 g/mol. The van der Waals surface area contributed by atoms with Gasteiger partial charge in [0.1, 0.15) is 11.3 Å². The number of hydrogen-bond donors (Lipinski definition) is 1. The molecule has 0 amide bonds. The Hall–Kier alpha value is -2.44. The maximum absolute atomic E-state index is 4.89. The standard InChI is InChI=1S/C29H42N6/c1-5-27-32-28-21(2)18-22(3)30-29(28)35(27)20-24-8-12-26(13-9-24)31-25-10-6-23(7-11-25)19-34-16-14-33(4)15-17-34/h8-9,12-13,18,23,25,31H,5-7,10-11,14-17,19-20H2,1-4H3/t23-,25+. The van der Waals surface area contributed by atoms with E-state index in [2.05, 4.69) is 77.8 Å². The minimum Gasteiger partial charge on any atom is -0.382 e. The normalized spacial score (nSPS) is 22.1. The highest BCUT2D eigenvalue weighted by Crippen LogP contribution is 2.28. The molecule has 0 spiro atoms. The molecule has 6 nitrogen and oxygen atoms in total. The fraction of sp³-hybridized carbons (Fsp3) is 0.586. The highest BCUT2D eigenvalue weighted by Gasteiger charge is 2.24. The topological polar surface area (TPSA) is 49.2 Å². The van der Waals surface area contributed by atoms with E-state index in [1.54, 1.807) is 0 Å². The lowest BCUT2D eigenvalue weighted by atomic mass is 9.85. The zero-order valence-electron chi connectivity index (χ0n) is 22.1. The number of aromatic nitrogens is 3. The van der Waals surface area contributed by atoms with Gasteiger partial charge in [0.25, 0.3) is 0 Å². The molecule has 3 aromatic rings. The van der Waals surface area contributed by atoms with E-state index in [9.17, 15) is 0 Å². The number of nitrogens with one attached hydrogen (secondary N) is 1. The highest BCUT2D eigenvalue weighted by atomic mass is 15.2. The molecule has 35 heavy (non-hydrogen) atoms. The number of hydrogen-bond acceptors (Lipinski definition) is 5. The summed E-state index contributed by atoms with van der Waals surface area (Å²) in [5.41, 5.74) is 6.84. The predicted octanol–water partition coefficient (Wildman–Crippen LogP) is 4.88. The molecule has 1 N–H and O–H groups in total. The van der Waals surface area contributed by atoms with Crippen LogP contribution >= 0.6 is 0 Å². The van der Waals surface area contributed by atoms with Crippen LogP contribution in [-0.4, -0.2) is 70.1 Å². The summed E-state index contributed by atoms with van der Waals surface area (Å²) in [6.07, 6.45) is 6.17. The van der Waals surface area contributed by atoms with E-state index < -0.39 is 0 Å². The number of likely N-dealkylation sites (N-methyl/N-ethyl adjacent to an activating group) is 1. The molecule has 2 fully saturated rings. The number of aryl methyl sites for hydroxylation is 3. The molecule has 0 radical (unpaired) electrons. The molecule has 3 heterocycles. The first-order chi connectivity index (χ1) is 17.0. The maximum Gasteiger partial charge on any atom is 0.160 e. The van der Waals surface area contributed by atoms with E-state index in [-0.39, 0.29) is 0 Å². The second kappa shape index (κ2) is 10.7. The molecule has 1 aromatic carbocycles. The maximum atomic E-state index is 4.89. The molecule has 6 heteroatoms. The second-order valence-corrected chi connectivity index (χ2v) is 10.9. The van der Waals surface area contributed by atoms with Crippen molar-refractivity contribution in [3.05, 3.63) is 53.0 Å². The van der Waals surface area contributed by atoms with Crippen LogP contribution in [0.3, 0.4) is 0 Å². The van der Waals surface area contributed by atoms with Gasteiger partial charge in [-0.2, -0.15) is 0 Å². The fourth-order valence-electron chi connectivity index (χ4n) is 5.89. The summed E-state index contributed by atoms with van der Waals surface area (Å²) < 4.78 is 2.29. The van der Waals surface area contributed by atoms with Gasteiger partial charge in [-0.1, -0.05) is 19.1 Å². The molecule has 188 valence electrons. The van der Waals surface area contributed by atoms with Crippen LogP contribution in [0.5, 0.6) is 0 Å². The minimum atomic E-state index is 0.601. The monoisotopic (exact) mass is 474 g/mol. The number of pyridine rings is 1. The van der Waals surface area contributed by atoms with Gasteiger partial charge in [-0.3, -0.25) is 0 Å². The third kappa shape index (κ3) is 5.70. The third-order valence-corrected chi connectivity index (χ3v) is 8.04. The van der Waals surface area contributed by atoms with Crippen LogP contribution in [0.4, 0.5) is 5.69 Å². The summed E-state index contributed by atoms with van der Waals surface area (Å²) >= 11 is 0. The van der Waals surface area contributed by atoms with Gasteiger partial charge in [0.2, 0.25) is 0 Å². The molecule has 1 saturated carbocycles. The Bertz CT molecular complexity index is 1120. The minimum absolute atomic E-state index is 0.601. The van der Waals surface area contributed by atoms with Crippen molar-refractivity contribution in [2.24, 2.45) is 5.92 Å². The fourth-order valence-corrected chi connectivity index (χ4v) is 5.89. The van der Waals surface area contributed by atoms with Gasteiger partial charge in [-0.25, -0.2) is 9.97 Å². The molecule has 2 aromatic heterocycles. The third-order valence-electron chi connectivity index (χ3n) is 8.04. The van der Waals surface area contributed by atoms with E-state index in [1.165, 1.54) is 75.2 Å². The Morgan fingerprint density at radius 1 is 0.943 bits per heavy atom. The SMILES string of the molecule is CCc1nc2c(C)cc(C)nc2n1Cc1ccc(N[C@H]2CC[C@@H](CN3CCN(C)CC3)CC2)cc1. The van der Waals surface area contributed by atoms with Crippen molar-refractivity contribution < 1.29 is 0 Å². The molecule has 5 rings (SSSR count). The number of imidazole rings is 1. The summed E-state index contributed by atoms with van der Waals surface area (Å²) in [5.74, 6) is 1.98. The molecular weight excluding hydrogens is 432 g/mol. The van der Waals surface area contributed by atoms with E-state index in [0.717, 1.165) is 41.6 Å². The molecule has 1 aliphatic heterocycles. The molecule has 0 bridgehead atoms. The lowest BCUT2D eigenvalue weighted by Crippen LogP contribution is -2.46. The lowest BCUT2D eigenvalue weighted by molar-refractivity contribution is 0.124. The first kappa shape index (κ1) is 24.3. The zero-order chi connectivity index (χ0) is 24.4. The van der Waals surface area contributed by atoms with Crippen molar-refractivity contribution >= 4 is 16.9 Å². The van der Waals surface area contributed by atoms with Crippen LogP contribution in [0.2, 0.25) is 0 Å². The molecule has 0 unspecified atom stereocenters. The van der Waals surface area contributed by atoms with Crippen LogP contribution in [0.1, 0.15) is 55.3 Å². The Balaban J connectivity index is 1.16. The van der Waals surface area contributed by atoms with Crippen molar-refractivity contribution in [2.45, 2.75) is 65.5 Å². The number of anilines is 1. The van der Waals surface area contributed by atoms with Crippen LogP contribution in [0.15, 0.2) is 30.3 Å². The number of benzene rings is 1. The largest absolute Gasteiger partial charge is 0.382 e.